The van der Waals surface area contributed by atoms with Crippen molar-refractivity contribution in [1.82, 2.24) is 9.55 Å². The third kappa shape index (κ3) is 4.10. The number of hydrogen-bond donors (Lipinski definition) is 2. The molecule has 2 aromatic heterocycles. The van der Waals surface area contributed by atoms with Crippen molar-refractivity contribution in [2.75, 3.05) is 0 Å². The molecule has 2 heterocycles. The summed E-state index contributed by atoms with van der Waals surface area (Å²) in [6.07, 6.45) is 3.76. The largest absolute Gasteiger partial charge is 0.478 e. The molecule has 0 unspecified atom stereocenters. The van der Waals surface area contributed by atoms with Crippen LogP contribution in [0.5, 0.6) is 0 Å². The molecule has 2 N–H and O–H groups in total. The van der Waals surface area contributed by atoms with Gasteiger partial charge in [-0.05, 0) is 37.3 Å². The summed E-state index contributed by atoms with van der Waals surface area (Å²) in [5, 5.41) is 17.3. The van der Waals surface area contributed by atoms with Crippen LogP contribution in [0, 0.1) is 5.41 Å². The van der Waals surface area contributed by atoms with E-state index in [-0.39, 0.29) is 0 Å². The number of carbonyl (C=O) groups is 1. The fraction of sp³-hybridized carbons (Fsp3) is 0.0455. The molecule has 0 radical (unpaired) electrons. The molecule has 0 saturated heterocycles. The normalized spacial score (nSPS) is 10.1. The van der Waals surface area contributed by atoms with Gasteiger partial charge in [0.05, 0.1) is 11.1 Å². The Kier molecular flexibility index (Phi) is 5.42. The second-order valence-electron chi connectivity index (χ2n) is 5.91. The number of aromatic carboxylic acids is 1. The molecule has 0 aliphatic carbocycles. The zero-order chi connectivity index (χ0) is 19.2. The molecule has 0 bridgehead atoms. The van der Waals surface area contributed by atoms with E-state index in [1.165, 1.54) is 0 Å². The molecule has 134 valence electrons. The molecule has 5 heteroatoms. The molecular formula is C22H19N3O2. The summed E-state index contributed by atoms with van der Waals surface area (Å²) in [5.74, 6) is -0.00296. The maximum Gasteiger partial charge on any atom is 0.335 e. The van der Waals surface area contributed by atoms with E-state index in [2.05, 4.69) is 11.1 Å². The summed E-state index contributed by atoms with van der Waals surface area (Å²) in [6, 6.07) is 22.2. The van der Waals surface area contributed by atoms with Gasteiger partial charge in [-0.15, -0.1) is 0 Å². The minimum atomic E-state index is -0.879. The molecule has 0 saturated carbocycles. The third-order valence-electron chi connectivity index (χ3n) is 4.03. The van der Waals surface area contributed by atoms with Crippen LogP contribution in [0.25, 0.3) is 16.7 Å². The first-order chi connectivity index (χ1) is 13.1. The van der Waals surface area contributed by atoms with Crippen LogP contribution in [0.4, 0.5) is 0 Å². The number of carboxylic acid groups (broad SMARTS) is 1. The Morgan fingerprint density at radius 3 is 2.22 bits per heavy atom. The Bertz CT molecular complexity index is 1070. The van der Waals surface area contributed by atoms with E-state index >= 15 is 0 Å². The number of rotatable bonds is 3. The summed E-state index contributed by atoms with van der Waals surface area (Å²) < 4.78 is 2.03. The number of aromatic nitrogens is 2. The molecule has 0 aliphatic heterocycles. The van der Waals surface area contributed by atoms with Crippen molar-refractivity contribution in [2.45, 2.75) is 6.92 Å². The van der Waals surface area contributed by atoms with Crippen LogP contribution >= 0.6 is 0 Å². The van der Waals surface area contributed by atoms with Crippen molar-refractivity contribution in [3.8, 4) is 5.82 Å². The lowest BCUT2D eigenvalue weighted by Gasteiger charge is -2.02. The lowest BCUT2D eigenvalue weighted by Crippen LogP contribution is -1.94. The topological polar surface area (TPSA) is 79.0 Å². The van der Waals surface area contributed by atoms with Crippen molar-refractivity contribution in [2.24, 2.45) is 0 Å². The minimum absolute atomic E-state index is 0.331. The van der Waals surface area contributed by atoms with Gasteiger partial charge >= 0.3 is 5.97 Å². The van der Waals surface area contributed by atoms with Gasteiger partial charge in [0.2, 0.25) is 0 Å². The summed E-state index contributed by atoms with van der Waals surface area (Å²) in [4.78, 5) is 14.6. The van der Waals surface area contributed by atoms with E-state index in [0.717, 1.165) is 22.3 Å². The zero-order valence-corrected chi connectivity index (χ0v) is 14.8. The van der Waals surface area contributed by atoms with Gasteiger partial charge in [0, 0.05) is 29.1 Å². The minimum Gasteiger partial charge on any atom is -0.478 e. The molecule has 2 aromatic carbocycles. The Morgan fingerprint density at radius 1 is 0.963 bits per heavy atom. The number of carboxylic acids is 1. The molecule has 0 amide bonds. The van der Waals surface area contributed by atoms with E-state index < -0.39 is 5.97 Å². The maximum atomic E-state index is 10.2. The number of para-hydroxylation sites is 1. The lowest BCUT2D eigenvalue weighted by molar-refractivity contribution is 0.0697. The van der Waals surface area contributed by atoms with Gasteiger partial charge in [-0.25, -0.2) is 9.78 Å². The summed E-state index contributed by atoms with van der Waals surface area (Å²) in [6.45, 7) is 1.81. The Hall–Kier alpha value is -3.73. The van der Waals surface area contributed by atoms with Gasteiger partial charge in [-0.2, -0.15) is 0 Å². The standard InChI is InChI=1S/C15H13N3.C7H6O2/c1-11(16)13-10-18(15-8-4-5-9-17-15)14-7-3-2-6-12(13)14;8-7(9)6-4-2-1-3-5-6/h2-10,16H,1H3;1-5H,(H,8,9). The summed E-state index contributed by atoms with van der Waals surface area (Å²) >= 11 is 0. The number of hydrogen-bond acceptors (Lipinski definition) is 3. The highest BCUT2D eigenvalue weighted by atomic mass is 16.4. The molecule has 0 fully saturated rings. The number of nitrogens with zero attached hydrogens (tertiary/aromatic N) is 2. The molecule has 0 spiro atoms. The highest BCUT2D eigenvalue weighted by Gasteiger charge is 2.10. The molecule has 0 atom stereocenters. The van der Waals surface area contributed by atoms with Crippen molar-refractivity contribution < 1.29 is 9.90 Å². The van der Waals surface area contributed by atoms with Crippen molar-refractivity contribution in [3.63, 3.8) is 0 Å². The van der Waals surface area contributed by atoms with Gasteiger partial charge in [0.25, 0.3) is 0 Å². The number of fused-ring (bicyclic) bond motifs is 1. The zero-order valence-electron chi connectivity index (χ0n) is 14.8. The van der Waals surface area contributed by atoms with E-state index in [9.17, 15) is 4.79 Å². The van der Waals surface area contributed by atoms with Gasteiger partial charge in [0.15, 0.2) is 0 Å². The first-order valence-electron chi connectivity index (χ1n) is 8.43. The average molecular weight is 357 g/mol. The quantitative estimate of drug-likeness (QED) is 0.517. The van der Waals surface area contributed by atoms with E-state index in [1.807, 2.05) is 54.1 Å². The van der Waals surface area contributed by atoms with Crippen LogP contribution in [-0.4, -0.2) is 26.3 Å². The van der Waals surface area contributed by atoms with Gasteiger partial charge < -0.3 is 15.1 Å². The number of benzene rings is 2. The number of pyridine rings is 1. The molecular weight excluding hydrogens is 338 g/mol. The fourth-order valence-corrected chi connectivity index (χ4v) is 2.75. The second kappa shape index (κ2) is 8.10. The SMILES string of the molecule is CC(=N)c1cn(-c2ccccn2)c2ccccc12.O=C(O)c1ccccc1. The van der Waals surface area contributed by atoms with E-state index in [0.29, 0.717) is 11.3 Å². The Balaban J connectivity index is 0.000000197. The first kappa shape index (κ1) is 18.1. The van der Waals surface area contributed by atoms with Crippen LogP contribution in [0.15, 0.2) is 85.2 Å². The lowest BCUT2D eigenvalue weighted by atomic mass is 10.1. The molecule has 27 heavy (non-hydrogen) atoms. The van der Waals surface area contributed by atoms with Crippen LogP contribution in [0.1, 0.15) is 22.8 Å². The number of nitrogens with one attached hydrogen (secondary N) is 1. The smallest absolute Gasteiger partial charge is 0.335 e. The Labute approximate surface area is 157 Å². The molecule has 5 nitrogen and oxygen atoms in total. The summed E-state index contributed by atoms with van der Waals surface area (Å²) in [7, 11) is 0. The van der Waals surface area contributed by atoms with Crippen LogP contribution in [0.3, 0.4) is 0 Å². The van der Waals surface area contributed by atoms with Gasteiger partial charge in [0.1, 0.15) is 5.82 Å². The highest BCUT2D eigenvalue weighted by Crippen LogP contribution is 2.24. The van der Waals surface area contributed by atoms with Crippen LogP contribution < -0.4 is 0 Å². The van der Waals surface area contributed by atoms with Gasteiger partial charge in [-0.1, -0.05) is 42.5 Å². The molecule has 4 aromatic rings. The van der Waals surface area contributed by atoms with Crippen molar-refractivity contribution in [3.05, 3.63) is 96.3 Å². The highest BCUT2D eigenvalue weighted by molar-refractivity contribution is 6.08. The predicted molar refractivity (Wildman–Crippen MR) is 107 cm³/mol. The summed E-state index contributed by atoms with van der Waals surface area (Å²) in [5.41, 5.74) is 2.94. The second-order valence-corrected chi connectivity index (χ2v) is 5.91. The Morgan fingerprint density at radius 2 is 1.63 bits per heavy atom. The predicted octanol–water partition coefficient (Wildman–Crippen LogP) is 4.80. The average Bonchev–Trinajstić information content (AvgIpc) is 3.10. The fourth-order valence-electron chi connectivity index (χ4n) is 2.75. The third-order valence-corrected chi connectivity index (χ3v) is 4.03. The molecule has 4 rings (SSSR count). The van der Waals surface area contributed by atoms with Crippen molar-refractivity contribution >= 4 is 22.6 Å². The first-order valence-corrected chi connectivity index (χ1v) is 8.43. The molecule has 0 aliphatic rings. The monoisotopic (exact) mass is 357 g/mol. The van der Waals surface area contributed by atoms with E-state index in [4.69, 9.17) is 10.5 Å². The van der Waals surface area contributed by atoms with E-state index in [1.54, 1.807) is 36.5 Å². The van der Waals surface area contributed by atoms with Gasteiger partial charge in [-0.3, -0.25) is 0 Å². The van der Waals surface area contributed by atoms with Crippen molar-refractivity contribution in [1.29, 1.82) is 5.41 Å². The van der Waals surface area contributed by atoms with Crippen LogP contribution in [-0.2, 0) is 0 Å². The maximum absolute atomic E-state index is 10.2. The van der Waals surface area contributed by atoms with Crippen LogP contribution in [0.2, 0.25) is 0 Å².